The lowest BCUT2D eigenvalue weighted by molar-refractivity contribution is 1.25. The Bertz CT molecular complexity index is 439. The predicted octanol–water partition coefficient (Wildman–Crippen LogP) is 1.98. The molecular formula is C8H6ClN5. The highest BCUT2D eigenvalue weighted by atomic mass is 35.5. The summed E-state index contributed by atoms with van der Waals surface area (Å²) >= 11 is 5.69. The molecule has 1 heterocycles. The van der Waals surface area contributed by atoms with E-state index in [1.54, 1.807) is 6.07 Å². The third-order valence-corrected chi connectivity index (χ3v) is 1.53. The standard InChI is InChI=1S/C8H6ClN5/c9-7-4-6(8(10)12-5-7)2-1-3-13-14-11/h4-5H,3H2,(H2,10,12). The number of hydrogen-bond donors (Lipinski definition) is 1. The molecule has 0 radical (unpaired) electrons. The summed E-state index contributed by atoms with van der Waals surface area (Å²) in [4.78, 5) is 6.37. The van der Waals surface area contributed by atoms with E-state index in [4.69, 9.17) is 22.9 Å². The van der Waals surface area contributed by atoms with E-state index in [0.29, 0.717) is 16.4 Å². The maximum Gasteiger partial charge on any atom is 0.139 e. The highest BCUT2D eigenvalue weighted by Gasteiger charge is 1.96. The highest BCUT2D eigenvalue weighted by molar-refractivity contribution is 6.30. The number of hydrogen-bond acceptors (Lipinski definition) is 3. The lowest BCUT2D eigenvalue weighted by Crippen LogP contribution is -1.93. The molecule has 5 nitrogen and oxygen atoms in total. The van der Waals surface area contributed by atoms with Crippen LogP contribution in [0.3, 0.4) is 0 Å². The minimum atomic E-state index is 0.0997. The lowest BCUT2D eigenvalue weighted by Gasteiger charge is -1.96. The van der Waals surface area contributed by atoms with Crippen LogP contribution < -0.4 is 5.73 Å². The fraction of sp³-hybridized carbons (Fsp3) is 0.125. The van der Waals surface area contributed by atoms with Crippen molar-refractivity contribution < 1.29 is 0 Å². The summed E-state index contributed by atoms with van der Waals surface area (Å²) in [6.07, 6.45) is 1.44. The molecule has 14 heavy (non-hydrogen) atoms. The number of pyridine rings is 1. The Morgan fingerprint density at radius 3 is 3.21 bits per heavy atom. The predicted molar refractivity (Wildman–Crippen MR) is 54.6 cm³/mol. The van der Waals surface area contributed by atoms with Crippen molar-refractivity contribution in [1.29, 1.82) is 0 Å². The van der Waals surface area contributed by atoms with Crippen molar-refractivity contribution in [3.05, 3.63) is 33.3 Å². The topological polar surface area (TPSA) is 87.7 Å². The second-order valence-electron chi connectivity index (χ2n) is 2.28. The van der Waals surface area contributed by atoms with Gasteiger partial charge in [-0.25, -0.2) is 4.98 Å². The average Bonchev–Trinajstić information content (AvgIpc) is 2.18. The number of anilines is 1. The molecule has 0 aromatic carbocycles. The molecule has 1 aromatic heterocycles. The molecule has 0 saturated carbocycles. The average molecular weight is 208 g/mol. The summed E-state index contributed by atoms with van der Waals surface area (Å²) in [5.74, 6) is 5.63. The maximum atomic E-state index is 7.99. The number of nitrogen functional groups attached to an aromatic ring is 1. The van der Waals surface area contributed by atoms with Crippen LogP contribution in [0, 0.1) is 11.8 Å². The minimum Gasteiger partial charge on any atom is -0.383 e. The van der Waals surface area contributed by atoms with Crippen LogP contribution in [-0.4, -0.2) is 11.5 Å². The molecule has 0 amide bonds. The van der Waals surface area contributed by atoms with Gasteiger partial charge in [0.2, 0.25) is 0 Å². The number of nitrogens with two attached hydrogens (primary N) is 1. The van der Waals surface area contributed by atoms with E-state index < -0.39 is 0 Å². The van der Waals surface area contributed by atoms with Crippen LogP contribution in [0.1, 0.15) is 5.56 Å². The molecule has 70 valence electrons. The molecule has 0 fully saturated rings. The number of halogens is 1. The number of azide groups is 1. The van der Waals surface area contributed by atoms with Crippen LogP contribution in [0.2, 0.25) is 5.02 Å². The minimum absolute atomic E-state index is 0.0997. The van der Waals surface area contributed by atoms with E-state index in [-0.39, 0.29) is 6.54 Å². The Hall–Kier alpha value is -1.89. The van der Waals surface area contributed by atoms with Crippen LogP contribution in [0.5, 0.6) is 0 Å². The van der Waals surface area contributed by atoms with Gasteiger partial charge >= 0.3 is 0 Å². The molecule has 0 aliphatic heterocycles. The molecule has 0 aliphatic carbocycles. The Morgan fingerprint density at radius 2 is 2.50 bits per heavy atom. The van der Waals surface area contributed by atoms with Gasteiger partial charge in [0.15, 0.2) is 0 Å². The van der Waals surface area contributed by atoms with Crippen LogP contribution in [0.15, 0.2) is 17.4 Å². The van der Waals surface area contributed by atoms with Crippen molar-refractivity contribution in [2.24, 2.45) is 5.11 Å². The number of nitrogens with zero attached hydrogens (tertiary/aromatic N) is 4. The normalized spacial score (nSPS) is 8.36. The van der Waals surface area contributed by atoms with Crippen LogP contribution in [-0.2, 0) is 0 Å². The van der Waals surface area contributed by atoms with Gasteiger partial charge in [0.05, 0.1) is 17.1 Å². The molecule has 1 rings (SSSR count). The van der Waals surface area contributed by atoms with Crippen molar-refractivity contribution in [2.45, 2.75) is 0 Å². The van der Waals surface area contributed by atoms with Crippen LogP contribution >= 0.6 is 11.6 Å². The SMILES string of the molecule is [N-]=[N+]=NCC#Cc1cc(Cl)cnc1N. The van der Waals surface area contributed by atoms with Crippen molar-refractivity contribution in [3.8, 4) is 11.8 Å². The fourth-order valence-corrected chi connectivity index (χ4v) is 0.910. The second-order valence-corrected chi connectivity index (χ2v) is 2.71. The summed E-state index contributed by atoms with van der Waals surface area (Å²) in [5, 5.41) is 3.72. The van der Waals surface area contributed by atoms with E-state index >= 15 is 0 Å². The smallest absolute Gasteiger partial charge is 0.139 e. The Kier molecular flexibility index (Phi) is 3.62. The summed E-state index contributed by atoms with van der Waals surface area (Å²) in [7, 11) is 0. The third kappa shape index (κ3) is 2.87. The first kappa shape index (κ1) is 10.2. The number of aromatic nitrogens is 1. The van der Waals surface area contributed by atoms with Gasteiger partial charge in [0, 0.05) is 11.1 Å². The first-order valence-corrected chi connectivity index (χ1v) is 4.02. The fourth-order valence-electron chi connectivity index (χ4n) is 0.752. The summed E-state index contributed by atoms with van der Waals surface area (Å²) in [6, 6.07) is 1.60. The van der Waals surface area contributed by atoms with Crippen LogP contribution in [0.4, 0.5) is 5.82 Å². The van der Waals surface area contributed by atoms with E-state index in [9.17, 15) is 0 Å². The molecule has 0 bridgehead atoms. The zero-order valence-electron chi connectivity index (χ0n) is 7.11. The van der Waals surface area contributed by atoms with Gasteiger partial charge in [-0.1, -0.05) is 28.6 Å². The first-order chi connectivity index (χ1) is 6.74. The lowest BCUT2D eigenvalue weighted by atomic mass is 10.2. The zero-order valence-corrected chi connectivity index (χ0v) is 7.86. The van der Waals surface area contributed by atoms with Gasteiger partial charge in [-0.2, -0.15) is 0 Å². The Morgan fingerprint density at radius 1 is 1.71 bits per heavy atom. The molecule has 0 saturated heterocycles. The molecule has 6 heteroatoms. The summed E-state index contributed by atoms with van der Waals surface area (Å²) in [5.41, 5.74) is 14.1. The first-order valence-electron chi connectivity index (χ1n) is 3.65. The maximum absolute atomic E-state index is 7.99. The molecule has 1 aromatic rings. The molecular weight excluding hydrogens is 202 g/mol. The van der Waals surface area contributed by atoms with Crippen molar-refractivity contribution in [3.63, 3.8) is 0 Å². The molecule has 0 unspecified atom stereocenters. The summed E-state index contributed by atoms with van der Waals surface area (Å²) < 4.78 is 0. The largest absolute Gasteiger partial charge is 0.383 e. The van der Waals surface area contributed by atoms with Gasteiger partial charge in [-0.3, -0.25) is 0 Å². The summed E-state index contributed by atoms with van der Waals surface area (Å²) in [6.45, 7) is 0.0997. The van der Waals surface area contributed by atoms with Gasteiger partial charge < -0.3 is 5.73 Å². The van der Waals surface area contributed by atoms with Gasteiger partial charge in [0.25, 0.3) is 0 Å². The highest BCUT2D eigenvalue weighted by Crippen LogP contribution is 2.13. The molecule has 0 spiro atoms. The van der Waals surface area contributed by atoms with Gasteiger partial charge in [0.1, 0.15) is 5.82 Å². The van der Waals surface area contributed by atoms with Crippen molar-refractivity contribution in [1.82, 2.24) is 4.98 Å². The van der Waals surface area contributed by atoms with Crippen LogP contribution in [0.25, 0.3) is 10.4 Å². The van der Waals surface area contributed by atoms with E-state index in [2.05, 4.69) is 26.9 Å². The third-order valence-electron chi connectivity index (χ3n) is 1.32. The molecule has 0 atom stereocenters. The monoisotopic (exact) mass is 207 g/mol. The van der Waals surface area contributed by atoms with E-state index in [1.165, 1.54) is 6.20 Å². The Balaban J connectivity index is 2.88. The van der Waals surface area contributed by atoms with E-state index in [1.807, 2.05) is 0 Å². The zero-order chi connectivity index (χ0) is 10.4. The quantitative estimate of drug-likeness (QED) is 0.330. The second kappa shape index (κ2) is 4.97. The van der Waals surface area contributed by atoms with E-state index in [0.717, 1.165) is 0 Å². The van der Waals surface area contributed by atoms with Gasteiger partial charge in [-0.15, -0.1) is 0 Å². The Labute approximate surface area is 85.5 Å². The number of rotatable bonds is 1. The molecule has 0 aliphatic rings. The van der Waals surface area contributed by atoms with Crippen molar-refractivity contribution >= 4 is 17.4 Å². The van der Waals surface area contributed by atoms with Gasteiger partial charge in [-0.05, 0) is 11.6 Å². The molecule has 2 N–H and O–H groups in total. The van der Waals surface area contributed by atoms with Crippen molar-refractivity contribution in [2.75, 3.05) is 12.3 Å².